The number of fused-ring (bicyclic) bond motifs is 3. The molecule has 0 aromatic heterocycles. The molecule has 4 rings (SSSR count). The second-order valence-corrected chi connectivity index (χ2v) is 5.70. The van der Waals surface area contributed by atoms with Crippen molar-refractivity contribution in [1.82, 2.24) is 0 Å². The summed E-state index contributed by atoms with van der Waals surface area (Å²) in [5.41, 5.74) is 7.29. The van der Waals surface area contributed by atoms with Crippen LogP contribution in [-0.4, -0.2) is 0 Å². The fourth-order valence-electron chi connectivity index (χ4n) is 3.09. The maximum absolute atomic E-state index is 13.4. The second-order valence-electron chi connectivity index (χ2n) is 5.29. The molecule has 0 nitrogen and oxygen atoms in total. The molecule has 0 saturated heterocycles. The highest BCUT2D eigenvalue weighted by Crippen LogP contribution is 2.41. The van der Waals surface area contributed by atoms with Crippen LogP contribution in [0.5, 0.6) is 0 Å². The molecular weight excluding hydrogens is 283 g/mol. The van der Waals surface area contributed by atoms with Gasteiger partial charge in [0.15, 0.2) is 0 Å². The molecule has 0 amide bonds. The predicted molar refractivity (Wildman–Crippen MR) is 85.1 cm³/mol. The SMILES string of the molecule is Fc1ccc(-c2cccc3c2Cc2ccccc2-3)cc1Cl. The van der Waals surface area contributed by atoms with Crippen LogP contribution < -0.4 is 0 Å². The summed E-state index contributed by atoms with van der Waals surface area (Å²) in [6, 6.07) is 19.7. The molecule has 2 heteroatoms. The number of rotatable bonds is 1. The largest absolute Gasteiger partial charge is 0.205 e. The molecule has 3 aromatic carbocycles. The van der Waals surface area contributed by atoms with E-state index in [-0.39, 0.29) is 10.8 Å². The summed E-state index contributed by atoms with van der Waals surface area (Å²) in [5.74, 6) is -0.378. The molecule has 0 spiro atoms. The molecular formula is C19H12ClF. The van der Waals surface area contributed by atoms with Crippen LogP contribution in [0.4, 0.5) is 4.39 Å². The fourth-order valence-corrected chi connectivity index (χ4v) is 3.27. The topological polar surface area (TPSA) is 0 Å². The van der Waals surface area contributed by atoms with Gasteiger partial charge in [0.05, 0.1) is 5.02 Å². The summed E-state index contributed by atoms with van der Waals surface area (Å²) in [4.78, 5) is 0. The van der Waals surface area contributed by atoms with E-state index < -0.39 is 0 Å². The van der Waals surface area contributed by atoms with E-state index in [4.69, 9.17) is 11.6 Å². The van der Waals surface area contributed by atoms with Gasteiger partial charge in [0.1, 0.15) is 5.82 Å². The molecule has 21 heavy (non-hydrogen) atoms. The maximum atomic E-state index is 13.4. The van der Waals surface area contributed by atoms with Gasteiger partial charge in [-0.2, -0.15) is 0 Å². The molecule has 0 heterocycles. The predicted octanol–water partition coefficient (Wildman–Crippen LogP) is 5.72. The minimum atomic E-state index is -0.378. The Morgan fingerprint density at radius 3 is 2.43 bits per heavy atom. The van der Waals surface area contributed by atoms with E-state index in [2.05, 4.69) is 36.4 Å². The Hall–Kier alpha value is -2.12. The van der Waals surface area contributed by atoms with Crippen molar-refractivity contribution in [2.45, 2.75) is 6.42 Å². The van der Waals surface area contributed by atoms with E-state index in [1.807, 2.05) is 6.07 Å². The summed E-state index contributed by atoms with van der Waals surface area (Å²) in [6.07, 6.45) is 0.913. The first-order valence-electron chi connectivity index (χ1n) is 6.89. The smallest absolute Gasteiger partial charge is 0.141 e. The van der Waals surface area contributed by atoms with Gasteiger partial charge in [0.2, 0.25) is 0 Å². The van der Waals surface area contributed by atoms with Gasteiger partial charge in [-0.25, -0.2) is 4.39 Å². The van der Waals surface area contributed by atoms with Crippen LogP contribution in [0, 0.1) is 5.82 Å². The molecule has 0 radical (unpaired) electrons. The molecule has 0 N–H and O–H groups in total. The van der Waals surface area contributed by atoms with Crippen LogP contribution in [-0.2, 0) is 6.42 Å². The van der Waals surface area contributed by atoms with Crippen molar-refractivity contribution in [1.29, 1.82) is 0 Å². The van der Waals surface area contributed by atoms with E-state index >= 15 is 0 Å². The molecule has 1 aliphatic carbocycles. The molecule has 3 aromatic rings. The van der Waals surface area contributed by atoms with Crippen LogP contribution in [0.1, 0.15) is 11.1 Å². The van der Waals surface area contributed by atoms with Crippen molar-refractivity contribution in [2.75, 3.05) is 0 Å². The first kappa shape index (κ1) is 12.6. The Morgan fingerprint density at radius 1 is 0.810 bits per heavy atom. The van der Waals surface area contributed by atoms with Crippen molar-refractivity contribution >= 4 is 11.6 Å². The third-order valence-corrected chi connectivity index (χ3v) is 4.37. The Morgan fingerprint density at radius 2 is 1.57 bits per heavy atom. The highest BCUT2D eigenvalue weighted by molar-refractivity contribution is 6.31. The van der Waals surface area contributed by atoms with Crippen LogP contribution >= 0.6 is 11.6 Å². The summed E-state index contributed by atoms with van der Waals surface area (Å²) in [5, 5.41) is 0.167. The second kappa shape index (κ2) is 4.71. The van der Waals surface area contributed by atoms with E-state index in [1.165, 1.54) is 28.3 Å². The Balaban J connectivity index is 1.92. The number of hydrogen-bond donors (Lipinski definition) is 0. The number of halogens is 2. The summed E-state index contributed by atoms with van der Waals surface area (Å²) >= 11 is 5.93. The minimum absolute atomic E-state index is 0.167. The van der Waals surface area contributed by atoms with Crippen molar-refractivity contribution in [3.63, 3.8) is 0 Å². The minimum Gasteiger partial charge on any atom is -0.205 e. The van der Waals surface area contributed by atoms with E-state index in [0.717, 1.165) is 17.5 Å². The van der Waals surface area contributed by atoms with Crippen molar-refractivity contribution < 1.29 is 4.39 Å². The van der Waals surface area contributed by atoms with Crippen molar-refractivity contribution in [2.24, 2.45) is 0 Å². The van der Waals surface area contributed by atoms with Gasteiger partial charge in [0.25, 0.3) is 0 Å². The third kappa shape index (κ3) is 1.97. The van der Waals surface area contributed by atoms with E-state index in [1.54, 1.807) is 12.1 Å². The zero-order chi connectivity index (χ0) is 14.4. The zero-order valence-electron chi connectivity index (χ0n) is 11.2. The van der Waals surface area contributed by atoms with Crippen molar-refractivity contribution in [3.8, 4) is 22.3 Å². The van der Waals surface area contributed by atoms with Crippen LogP contribution in [0.3, 0.4) is 0 Å². The van der Waals surface area contributed by atoms with E-state index in [0.29, 0.717) is 0 Å². The Labute approximate surface area is 127 Å². The molecule has 0 unspecified atom stereocenters. The zero-order valence-corrected chi connectivity index (χ0v) is 12.0. The van der Waals surface area contributed by atoms with Gasteiger partial charge < -0.3 is 0 Å². The summed E-state index contributed by atoms with van der Waals surface area (Å²) in [6.45, 7) is 0. The van der Waals surface area contributed by atoms with E-state index in [9.17, 15) is 4.39 Å². The number of hydrogen-bond acceptors (Lipinski definition) is 0. The first-order chi connectivity index (χ1) is 10.2. The highest BCUT2D eigenvalue weighted by Gasteiger charge is 2.21. The Bertz CT molecular complexity index is 852. The fraction of sp³-hybridized carbons (Fsp3) is 0.0526. The Kier molecular flexibility index (Phi) is 2.83. The summed E-state index contributed by atoms with van der Waals surface area (Å²) in [7, 11) is 0. The molecule has 102 valence electrons. The van der Waals surface area contributed by atoms with Crippen LogP contribution in [0.25, 0.3) is 22.3 Å². The molecule has 0 atom stereocenters. The normalized spacial score (nSPS) is 12.1. The van der Waals surface area contributed by atoms with Crippen molar-refractivity contribution in [3.05, 3.63) is 82.6 Å². The highest BCUT2D eigenvalue weighted by atomic mass is 35.5. The lowest BCUT2D eigenvalue weighted by Gasteiger charge is -2.09. The van der Waals surface area contributed by atoms with Gasteiger partial charge in [-0.05, 0) is 51.9 Å². The van der Waals surface area contributed by atoms with Gasteiger partial charge in [-0.15, -0.1) is 0 Å². The molecule has 0 saturated carbocycles. The van der Waals surface area contributed by atoms with Gasteiger partial charge in [-0.1, -0.05) is 60.1 Å². The standard InChI is InChI=1S/C19H12ClF/c20-18-11-13(8-9-19(18)21)15-6-3-7-16-14-5-2-1-4-12(14)10-17(15)16/h1-9,11H,10H2. The lowest BCUT2D eigenvalue weighted by Crippen LogP contribution is -1.88. The lowest BCUT2D eigenvalue weighted by atomic mass is 9.96. The molecule has 0 bridgehead atoms. The lowest BCUT2D eigenvalue weighted by molar-refractivity contribution is 0.628. The van der Waals surface area contributed by atoms with Crippen LogP contribution in [0.2, 0.25) is 5.02 Å². The third-order valence-electron chi connectivity index (χ3n) is 4.08. The monoisotopic (exact) mass is 294 g/mol. The van der Waals surface area contributed by atoms with Gasteiger partial charge in [-0.3, -0.25) is 0 Å². The molecule has 0 aliphatic heterocycles. The average molecular weight is 295 g/mol. The average Bonchev–Trinajstić information content (AvgIpc) is 2.89. The molecule has 0 fully saturated rings. The molecule has 1 aliphatic rings. The number of benzene rings is 3. The van der Waals surface area contributed by atoms with Gasteiger partial charge >= 0.3 is 0 Å². The summed E-state index contributed by atoms with van der Waals surface area (Å²) < 4.78 is 13.4. The van der Waals surface area contributed by atoms with Gasteiger partial charge in [0, 0.05) is 0 Å². The maximum Gasteiger partial charge on any atom is 0.141 e. The first-order valence-corrected chi connectivity index (χ1v) is 7.27. The van der Waals surface area contributed by atoms with Crippen LogP contribution in [0.15, 0.2) is 60.7 Å². The quantitative estimate of drug-likeness (QED) is 0.421.